The van der Waals surface area contributed by atoms with Gasteiger partial charge in [-0.25, -0.2) is 0 Å². The predicted molar refractivity (Wildman–Crippen MR) is 77.2 cm³/mol. The van der Waals surface area contributed by atoms with Crippen molar-refractivity contribution in [2.75, 3.05) is 12.3 Å². The van der Waals surface area contributed by atoms with Gasteiger partial charge in [0.1, 0.15) is 11.9 Å². The van der Waals surface area contributed by atoms with Crippen LogP contribution in [-0.2, 0) is 0 Å². The normalized spacial score (nSPS) is 24.6. The zero-order valence-corrected chi connectivity index (χ0v) is 11.8. The molecule has 0 bridgehead atoms. The first kappa shape index (κ1) is 12.5. The summed E-state index contributed by atoms with van der Waals surface area (Å²) >= 11 is 1.58. The Kier molecular flexibility index (Phi) is 3.22. The number of aliphatic imine (C=N–C) groups is 1. The fraction of sp³-hybridized carbons (Fsp3) is 0.429. The summed E-state index contributed by atoms with van der Waals surface area (Å²) in [6, 6.07) is 5.75. The zero-order chi connectivity index (χ0) is 13.4. The molecule has 0 radical (unpaired) electrons. The molecule has 0 spiro atoms. The number of nitrogens with zero attached hydrogens (tertiary/aromatic N) is 1. The van der Waals surface area contributed by atoms with Crippen molar-refractivity contribution < 1.29 is 9.53 Å². The third-order valence-electron chi connectivity index (χ3n) is 3.59. The highest BCUT2D eigenvalue weighted by atomic mass is 32.2. The summed E-state index contributed by atoms with van der Waals surface area (Å²) in [5.41, 5.74) is 1.71. The van der Waals surface area contributed by atoms with Crippen LogP contribution in [0.4, 0.5) is 0 Å². The van der Waals surface area contributed by atoms with Crippen LogP contribution in [-0.4, -0.2) is 29.5 Å². The van der Waals surface area contributed by atoms with Gasteiger partial charge in [-0.1, -0.05) is 30.8 Å². The van der Waals surface area contributed by atoms with Crippen molar-refractivity contribution in [2.24, 2.45) is 4.99 Å². The van der Waals surface area contributed by atoms with Gasteiger partial charge >= 0.3 is 0 Å². The minimum Gasteiger partial charge on any atom is -0.489 e. The van der Waals surface area contributed by atoms with E-state index < -0.39 is 0 Å². The van der Waals surface area contributed by atoms with Gasteiger partial charge in [0.05, 0.1) is 12.1 Å². The zero-order valence-electron chi connectivity index (χ0n) is 11.0. The highest BCUT2D eigenvalue weighted by Crippen LogP contribution is 2.40. The summed E-state index contributed by atoms with van der Waals surface area (Å²) in [5.74, 6) is 1.85. The van der Waals surface area contributed by atoms with E-state index in [1.54, 1.807) is 17.8 Å². The van der Waals surface area contributed by atoms with Crippen LogP contribution in [0.5, 0.6) is 5.75 Å². The number of rotatable bonds is 1. The lowest BCUT2D eigenvalue weighted by Crippen LogP contribution is -2.27. The van der Waals surface area contributed by atoms with E-state index in [2.05, 4.69) is 17.2 Å². The van der Waals surface area contributed by atoms with Gasteiger partial charge in [-0.15, -0.1) is 0 Å². The number of thioether (sulfide) groups is 1. The van der Waals surface area contributed by atoms with Gasteiger partial charge in [-0.3, -0.25) is 9.79 Å². The van der Waals surface area contributed by atoms with Gasteiger partial charge in [-0.2, -0.15) is 0 Å². The van der Waals surface area contributed by atoms with Gasteiger partial charge in [0, 0.05) is 17.2 Å². The van der Waals surface area contributed by atoms with Gasteiger partial charge in [-0.05, 0) is 13.0 Å². The van der Waals surface area contributed by atoms with E-state index in [-0.39, 0.29) is 12.0 Å². The summed E-state index contributed by atoms with van der Waals surface area (Å²) < 4.78 is 5.83. The quantitative estimate of drug-likeness (QED) is 0.857. The molecule has 1 aromatic carbocycles. The topological polar surface area (TPSA) is 50.7 Å². The standard InChI is InChI=1S/C14H16N2O2S/c1-8-9(2)18-12-10(8)4-3-5-11(12)13(17)16-14-15-6-7-19-14/h3-5,8-9H,6-7H2,1-2H3,(H,15,16,17). The smallest absolute Gasteiger partial charge is 0.260 e. The molecule has 2 atom stereocenters. The van der Waals surface area contributed by atoms with E-state index in [0.29, 0.717) is 16.6 Å². The first-order valence-corrected chi connectivity index (χ1v) is 7.43. The number of para-hydroxylation sites is 1. The SMILES string of the molecule is CC1Oc2c(C(=O)NC3=NCCS3)cccc2C1C. The molecule has 1 aromatic rings. The Morgan fingerprint density at radius 1 is 1.47 bits per heavy atom. The minimum atomic E-state index is -0.133. The van der Waals surface area contributed by atoms with Crippen LogP contribution in [0.15, 0.2) is 23.2 Å². The summed E-state index contributed by atoms with van der Waals surface area (Å²) in [6.07, 6.45) is 0.113. The molecule has 0 saturated carbocycles. The maximum Gasteiger partial charge on any atom is 0.260 e. The Morgan fingerprint density at radius 2 is 2.32 bits per heavy atom. The molecule has 100 valence electrons. The highest BCUT2D eigenvalue weighted by Gasteiger charge is 2.31. The molecule has 0 fully saturated rings. The molecule has 2 aliphatic rings. The van der Waals surface area contributed by atoms with Crippen molar-refractivity contribution in [2.45, 2.75) is 25.9 Å². The second kappa shape index (κ2) is 4.89. The number of nitrogens with one attached hydrogen (secondary N) is 1. The van der Waals surface area contributed by atoms with Crippen molar-refractivity contribution in [3.05, 3.63) is 29.3 Å². The van der Waals surface area contributed by atoms with E-state index in [1.807, 2.05) is 19.1 Å². The molecule has 5 heteroatoms. The summed E-state index contributed by atoms with van der Waals surface area (Å²) in [4.78, 5) is 16.5. The van der Waals surface area contributed by atoms with Crippen molar-refractivity contribution in [3.8, 4) is 5.75 Å². The Hall–Kier alpha value is -1.49. The third-order valence-corrected chi connectivity index (χ3v) is 4.49. The van der Waals surface area contributed by atoms with Crippen LogP contribution < -0.4 is 10.1 Å². The molecule has 2 unspecified atom stereocenters. The number of carbonyl (C=O) groups excluding carboxylic acids is 1. The van der Waals surface area contributed by atoms with Crippen LogP contribution >= 0.6 is 11.8 Å². The summed E-state index contributed by atoms with van der Waals surface area (Å²) in [6.45, 7) is 4.93. The minimum absolute atomic E-state index is 0.113. The van der Waals surface area contributed by atoms with Gasteiger partial charge in [0.2, 0.25) is 0 Å². The van der Waals surface area contributed by atoms with Crippen molar-refractivity contribution >= 4 is 22.8 Å². The molecule has 1 amide bonds. The van der Waals surface area contributed by atoms with Crippen LogP contribution in [0.3, 0.4) is 0 Å². The largest absolute Gasteiger partial charge is 0.489 e. The lowest BCUT2D eigenvalue weighted by molar-refractivity contribution is 0.0973. The Morgan fingerprint density at radius 3 is 3.05 bits per heavy atom. The van der Waals surface area contributed by atoms with Crippen LogP contribution in [0.2, 0.25) is 0 Å². The number of amidine groups is 1. The van der Waals surface area contributed by atoms with Crippen molar-refractivity contribution in [3.63, 3.8) is 0 Å². The number of amides is 1. The maximum atomic E-state index is 12.3. The maximum absolute atomic E-state index is 12.3. The lowest BCUT2D eigenvalue weighted by atomic mass is 9.97. The van der Waals surface area contributed by atoms with E-state index >= 15 is 0 Å². The van der Waals surface area contributed by atoms with Gasteiger partial charge in [0.25, 0.3) is 5.91 Å². The molecule has 0 aliphatic carbocycles. The molecule has 0 saturated heterocycles. The molecular weight excluding hydrogens is 260 g/mol. The third kappa shape index (κ3) is 2.23. The van der Waals surface area contributed by atoms with Crippen molar-refractivity contribution in [1.82, 2.24) is 5.32 Å². The lowest BCUT2D eigenvalue weighted by Gasteiger charge is -2.09. The Balaban J connectivity index is 1.88. The molecule has 3 rings (SSSR count). The first-order valence-electron chi connectivity index (χ1n) is 6.45. The number of ether oxygens (including phenoxy) is 1. The molecular formula is C14H16N2O2S. The molecule has 4 nitrogen and oxygen atoms in total. The predicted octanol–water partition coefficient (Wildman–Crippen LogP) is 2.40. The van der Waals surface area contributed by atoms with Gasteiger partial charge < -0.3 is 10.1 Å². The number of benzene rings is 1. The molecule has 0 aromatic heterocycles. The fourth-order valence-corrected chi connectivity index (χ4v) is 3.06. The van der Waals surface area contributed by atoms with E-state index in [1.165, 1.54) is 0 Å². The van der Waals surface area contributed by atoms with Crippen LogP contribution in [0.1, 0.15) is 35.7 Å². The monoisotopic (exact) mass is 276 g/mol. The van der Waals surface area contributed by atoms with Gasteiger partial charge in [0.15, 0.2) is 5.17 Å². The van der Waals surface area contributed by atoms with Crippen LogP contribution in [0, 0.1) is 0 Å². The molecule has 2 heterocycles. The highest BCUT2D eigenvalue weighted by molar-refractivity contribution is 8.14. The second-order valence-electron chi connectivity index (χ2n) is 4.83. The average Bonchev–Trinajstić information content (AvgIpc) is 2.99. The molecule has 1 N–H and O–H groups in total. The number of fused-ring (bicyclic) bond motifs is 1. The van der Waals surface area contributed by atoms with E-state index in [9.17, 15) is 4.79 Å². The Labute approximate surface area is 116 Å². The van der Waals surface area contributed by atoms with Crippen LogP contribution in [0.25, 0.3) is 0 Å². The second-order valence-corrected chi connectivity index (χ2v) is 5.91. The first-order chi connectivity index (χ1) is 9.16. The molecule has 2 aliphatic heterocycles. The van der Waals surface area contributed by atoms with E-state index in [0.717, 1.165) is 23.6 Å². The average molecular weight is 276 g/mol. The number of carbonyl (C=O) groups is 1. The summed E-state index contributed by atoms with van der Waals surface area (Å²) in [7, 11) is 0. The van der Waals surface area contributed by atoms with Crippen molar-refractivity contribution in [1.29, 1.82) is 0 Å². The fourth-order valence-electron chi connectivity index (χ4n) is 2.34. The van der Waals surface area contributed by atoms with E-state index in [4.69, 9.17) is 4.74 Å². The Bertz CT molecular complexity index is 556. The number of hydrogen-bond donors (Lipinski definition) is 1. The molecule has 19 heavy (non-hydrogen) atoms. The number of hydrogen-bond acceptors (Lipinski definition) is 4. The summed E-state index contributed by atoms with van der Waals surface area (Å²) in [5, 5.41) is 3.56.